The van der Waals surface area contributed by atoms with Crippen molar-refractivity contribution in [1.29, 1.82) is 0 Å². The molecule has 3 rings (SSSR count). The molecule has 1 aromatic rings. The van der Waals surface area contributed by atoms with Crippen molar-refractivity contribution in [2.45, 2.75) is 83.6 Å². The third kappa shape index (κ3) is 6.69. The molecule has 0 bridgehead atoms. The molecule has 0 radical (unpaired) electrons. The van der Waals surface area contributed by atoms with Gasteiger partial charge in [-0.1, -0.05) is 64.6 Å². The van der Waals surface area contributed by atoms with Gasteiger partial charge in [-0.2, -0.15) is 4.31 Å². The Hall–Kier alpha value is -1.11. The second kappa shape index (κ2) is 11.9. The molecule has 1 N–H and O–H groups in total. The van der Waals surface area contributed by atoms with Crippen molar-refractivity contribution in [3.05, 3.63) is 29.3 Å². The average molecular weight is 445 g/mol. The summed E-state index contributed by atoms with van der Waals surface area (Å²) >= 11 is 5.97. The first-order valence-electron chi connectivity index (χ1n) is 10.0. The van der Waals surface area contributed by atoms with Crippen LogP contribution in [0.5, 0.6) is 0 Å². The lowest BCUT2D eigenvalue weighted by Gasteiger charge is -2.26. The Morgan fingerprint density at radius 2 is 1.69 bits per heavy atom. The summed E-state index contributed by atoms with van der Waals surface area (Å²) in [7, 11) is -3.60. The molecule has 1 saturated heterocycles. The van der Waals surface area contributed by atoms with Crippen LogP contribution in [0.25, 0.3) is 0 Å². The fourth-order valence-corrected chi connectivity index (χ4v) is 6.17. The Bertz CT molecular complexity index is 746. The highest BCUT2D eigenvalue weighted by Gasteiger charge is 2.35. The molecular formula is C22H37ClN2O3S. The molecule has 1 saturated carbocycles. The first-order chi connectivity index (χ1) is 13.0. The number of halogens is 1. The molecule has 2 aliphatic rings. The molecule has 166 valence electrons. The second-order valence-corrected chi connectivity index (χ2v) is 9.98. The molecule has 1 amide bonds. The molecule has 1 unspecified atom stereocenters. The van der Waals surface area contributed by atoms with Crippen LogP contribution in [0.15, 0.2) is 29.2 Å². The highest BCUT2D eigenvalue weighted by Crippen LogP contribution is 2.27. The van der Waals surface area contributed by atoms with Gasteiger partial charge in [0, 0.05) is 30.1 Å². The number of carbonyl (C=O) groups is 1. The molecule has 1 aromatic carbocycles. The van der Waals surface area contributed by atoms with E-state index in [1.54, 1.807) is 18.2 Å². The summed E-state index contributed by atoms with van der Waals surface area (Å²) in [6, 6.07) is 6.18. The molecule has 1 aliphatic carbocycles. The van der Waals surface area contributed by atoms with E-state index in [9.17, 15) is 13.2 Å². The number of carbonyl (C=O) groups excluding carboxylic acids is 1. The van der Waals surface area contributed by atoms with Gasteiger partial charge >= 0.3 is 0 Å². The standard InChI is InChI=1S/C20H29ClN2O3S.2CH4/c21-17-10-6-12-19(14-17)27(25,26)23-13-7-11-18(23)15-22-20(24)16-8-4-2-1-3-5-9-16;;/h6,10,12,14,16,18H,1-5,7-9,11,13,15H2,(H,22,24);2*1H4. The summed E-state index contributed by atoms with van der Waals surface area (Å²) in [4.78, 5) is 12.8. The van der Waals surface area contributed by atoms with Crippen molar-refractivity contribution in [2.75, 3.05) is 13.1 Å². The maximum Gasteiger partial charge on any atom is 0.243 e. The summed E-state index contributed by atoms with van der Waals surface area (Å²) in [5.74, 6) is 0.161. The number of nitrogens with one attached hydrogen (secondary N) is 1. The number of hydrogen-bond donors (Lipinski definition) is 1. The lowest BCUT2D eigenvalue weighted by Crippen LogP contribution is -2.44. The largest absolute Gasteiger partial charge is 0.354 e. The van der Waals surface area contributed by atoms with E-state index < -0.39 is 10.0 Å². The van der Waals surface area contributed by atoms with Crippen LogP contribution in [0.1, 0.15) is 72.6 Å². The molecule has 1 heterocycles. The lowest BCUT2D eigenvalue weighted by molar-refractivity contribution is -0.125. The van der Waals surface area contributed by atoms with Gasteiger partial charge in [-0.25, -0.2) is 8.42 Å². The number of benzene rings is 1. The monoisotopic (exact) mass is 444 g/mol. The van der Waals surface area contributed by atoms with Gasteiger partial charge in [0.15, 0.2) is 0 Å². The molecule has 7 heteroatoms. The van der Waals surface area contributed by atoms with Crippen LogP contribution in [0.3, 0.4) is 0 Å². The minimum Gasteiger partial charge on any atom is -0.354 e. The van der Waals surface area contributed by atoms with E-state index >= 15 is 0 Å². The first kappa shape index (κ1) is 25.9. The van der Waals surface area contributed by atoms with Crippen molar-refractivity contribution in [3.8, 4) is 0 Å². The summed E-state index contributed by atoms with van der Waals surface area (Å²) in [6.45, 7) is 0.869. The van der Waals surface area contributed by atoms with Crippen molar-refractivity contribution < 1.29 is 13.2 Å². The van der Waals surface area contributed by atoms with Crippen LogP contribution in [0, 0.1) is 5.92 Å². The number of amides is 1. The zero-order valence-corrected chi connectivity index (χ0v) is 17.3. The molecule has 29 heavy (non-hydrogen) atoms. The summed E-state index contributed by atoms with van der Waals surface area (Å²) in [5.41, 5.74) is 0. The number of nitrogens with zero attached hydrogens (tertiary/aromatic N) is 1. The number of rotatable bonds is 5. The van der Waals surface area contributed by atoms with Crippen LogP contribution in [0.4, 0.5) is 0 Å². The van der Waals surface area contributed by atoms with E-state index in [-0.39, 0.29) is 37.6 Å². The quantitative estimate of drug-likeness (QED) is 0.675. The van der Waals surface area contributed by atoms with E-state index in [1.165, 1.54) is 29.6 Å². The molecule has 5 nitrogen and oxygen atoms in total. The normalized spacial score (nSPS) is 21.3. The minimum absolute atomic E-state index is 0. The van der Waals surface area contributed by atoms with Crippen molar-refractivity contribution in [1.82, 2.24) is 9.62 Å². The van der Waals surface area contributed by atoms with Gasteiger partial charge < -0.3 is 5.32 Å². The Kier molecular flexibility index (Phi) is 10.7. The van der Waals surface area contributed by atoms with Crippen LogP contribution in [-0.2, 0) is 14.8 Å². The van der Waals surface area contributed by atoms with E-state index in [4.69, 9.17) is 11.6 Å². The van der Waals surface area contributed by atoms with Gasteiger partial charge in [-0.05, 0) is 43.9 Å². The van der Waals surface area contributed by atoms with E-state index in [2.05, 4.69) is 5.32 Å². The predicted octanol–water partition coefficient (Wildman–Crippen LogP) is 5.24. The SMILES string of the molecule is C.C.O=C(NCC1CCCN1S(=O)(=O)c1cccc(Cl)c1)C1CCCCCCC1. The Labute approximate surface area is 182 Å². The lowest BCUT2D eigenvalue weighted by atomic mass is 9.90. The van der Waals surface area contributed by atoms with Crippen LogP contribution in [0.2, 0.25) is 5.02 Å². The van der Waals surface area contributed by atoms with Crippen molar-refractivity contribution in [3.63, 3.8) is 0 Å². The van der Waals surface area contributed by atoms with Crippen LogP contribution >= 0.6 is 11.6 Å². The van der Waals surface area contributed by atoms with Crippen LogP contribution in [-0.4, -0.2) is 37.8 Å². The zero-order chi connectivity index (χ0) is 19.3. The van der Waals surface area contributed by atoms with E-state index in [1.807, 2.05) is 0 Å². The minimum atomic E-state index is -3.60. The Balaban J connectivity index is 0.00000210. The van der Waals surface area contributed by atoms with Gasteiger partial charge in [0.25, 0.3) is 0 Å². The van der Waals surface area contributed by atoms with Crippen molar-refractivity contribution >= 4 is 27.5 Å². The second-order valence-electron chi connectivity index (χ2n) is 7.66. The third-order valence-electron chi connectivity index (χ3n) is 5.71. The summed E-state index contributed by atoms with van der Waals surface area (Å²) in [5, 5.41) is 3.44. The maximum atomic E-state index is 13.0. The molecule has 0 spiro atoms. The van der Waals surface area contributed by atoms with E-state index in [0.29, 0.717) is 18.1 Å². The highest BCUT2D eigenvalue weighted by atomic mass is 35.5. The Morgan fingerprint density at radius 1 is 1.03 bits per heavy atom. The fraction of sp³-hybridized carbons (Fsp3) is 0.682. The zero-order valence-electron chi connectivity index (χ0n) is 15.7. The molecule has 1 atom stereocenters. The topological polar surface area (TPSA) is 66.5 Å². The van der Waals surface area contributed by atoms with Gasteiger partial charge in [-0.15, -0.1) is 0 Å². The van der Waals surface area contributed by atoms with E-state index in [0.717, 1.165) is 38.5 Å². The van der Waals surface area contributed by atoms with Crippen molar-refractivity contribution in [2.24, 2.45) is 5.92 Å². The molecular weight excluding hydrogens is 408 g/mol. The fourth-order valence-electron chi connectivity index (χ4n) is 4.17. The van der Waals surface area contributed by atoms with Crippen LogP contribution < -0.4 is 5.32 Å². The summed E-state index contributed by atoms with van der Waals surface area (Å²) < 4.78 is 27.5. The number of sulfonamides is 1. The molecule has 2 fully saturated rings. The first-order valence-corrected chi connectivity index (χ1v) is 11.9. The number of hydrogen-bond acceptors (Lipinski definition) is 3. The smallest absolute Gasteiger partial charge is 0.243 e. The summed E-state index contributed by atoms with van der Waals surface area (Å²) in [6.07, 6.45) is 9.37. The maximum absolute atomic E-state index is 13.0. The van der Waals surface area contributed by atoms with Gasteiger partial charge in [-0.3, -0.25) is 4.79 Å². The third-order valence-corrected chi connectivity index (χ3v) is 7.90. The highest BCUT2D eigenvalue weighted by molar-refractivity contribution is 7.89. The van der Waals surface area contributed by atoms with Gasteiger partial charge in [0.05, 0.1) is 4.90 Å². The Morgan fingerprint density at radius 3 is 2.34 bits per heavy atom. The predicted molar refractivity (Wildman–Crippen MR) is 121 cm³/mol. The van der Waals surface area contributed by atoms with Gasteiger partial charge in [0.1, 0.15) is 0 Å². The average Bonchev–Trinajstić information content (AvgIpc) is 3.09. The molecule has 1 aliphatic heterocycles. The van der Waals surface area contributed by atoms with Gasteiger partial charge in [0.2, 0.25) is 15.9 Å². The molecule has 0 aromatic heterocycles.